The van der Waals surface area contributed by atoms with Gasteiger partial charge in [0, 0.05) is 19.3 Å². The molecule has 0 aliphatic rings. The molecule has 0 aliphatic carbocycles. The molecule has 1 aromatic carbocycles. The Balaban J connectivity index is 2.08. The van der Waals surface area contributed by atoms with E-state index in [-0.39, 0.29) is 11.9 Å². The second-order valence-electron chi connectivity index (χ2n) is 4.97. The third-order valence-corrected chi connectivity index (χ3v) is 3.08. The summed E-state index contributed by atoms with van der Waals surface area (Å²) in [6, 6.07) is 7.26. The van der Waals surface area contributed by atoms with Crippen LogP contribution in [-0.4, -0.2) is 25.8 Å². The van der Waals surface area contributed by atoms with Crippen LogP contribution in [0.5, 0.6) is 0 Å². The highest BCUT2D eigenvalue weighted by molar-refractivity contribution is 5.18. The Bertz CT molecular complexity index is 343. The number of nitrogens with one attached hydrogen (secondary N) is 1. The average Bonchev–Trinajstić information content (AvgIpc) is 2.40. The zero-order valence-corrected chi connectivity index (χ0v) is 12.1. The van der Waals surface area contributed by atoms with E-state index in [9.17, 15) is 4.39 Å². The molecule has 1 N–H and O–H groups in total. The fourth-order valence-corrected chi connectivity index (χ4v) is 1.94. The lowest BCUT2D eigenvalue weighted by Crippen LogP contribution is -2.29. The Morgan fingerprint density at radius 1 is 1.21 bits per heavy atom. The van der Waals surface area contributed by atoms with Crippen LogP contribution in [0.4, 0.5) is 4.39 Å². The highest BCUT2D eigenvalue weighted by Crippen LogP contribution is 2.08. The molecule has 0 heterocycles. The van der Waals surface area contributed by atoms with Gasteiger partial charge in [0.15, 0.2) is 0 Å². The molecule has 0 aliphatic heterocycles. The SMILES string of the molecule is CCCCOCCCNC(C)Cc1ccccc1F. The van der Waals surface area contributed by atoms with Gasteiger partial charge in [0.1, 0.15) is 5.82 Å². The van der Waals surface area contributed by atoms with Gasteiger partial charge in [-0.15, -0.1) is 0 Å². The molecule has 1 rings (SSSR count). The van der Waals surface area contributed by atoms with Crippen molar-refractivity contribution < 1.29 is 9.13 Å². The molecule has 0 radical (unpaired) electrons. The first kappa shape index (κ1) is 16.1. The van der Waals surface area contributed by atoms with Crippen molar-refractivity contribution in [2.45, 2.75) is 45.6 Å². The maximum Gasteiger partial charge on any atom is 0.126 e. The highest BCUT2D eigenvalue weighted by atomic mass is 19.1. The van der Waals surface area contributed by atoms with Gasteiger partial charge in [-0.1, -0.05) is 31.5 Å². The van der Waals surface area contributed by atoms with E-state index < -0.39 is 0 Å². The molecule has 108 valence electrons. The first-order chi connectivity index (χ1) is 9.24. The molecule has 0 saturated carbocycles. The molecule has 0 aromatic heterocycles. The van der Waals surface area contributed by atoms with E-state index in [1.54, 1.807) is 6.07 Å². The summed E-state index contributed by atoms with van der Waals surface area (Å²) in [6.45, 7) is 6.84. The van der Waals surface area contributed by atoms with Gasteiger partial charge < -0.3 is 10.1 Å². The molecule has 1 unspecified atom stereocenters. The molecule has 0 saturated heterocycles. The van der Waals surface area contributed by atoms with Crippen LogP contribution in [0.1, 0.15) is 38.7 Å². The minimum atomic E-state index is -0.112. The average molecular weight is 267 g/mol. The van der Waals surface area contributed by atoms with E-state index in [4.69, 9.17) is 4.74 Å². The monoisotopic (exact) mass is 267 g/mol. The van der Waals surface area contributed by atoms with E-state index in [1.165, 1.54) is 12.5 Å². The highest BCUT2D eigenvalue weighted by Gasteiger charge is 2.06. The number of ether oxygens (including phenoxy) is 1. The maximum atomic E-state index is 13.5. The first-order valence-electron chi connectivity index (χ1n) is 7.28. The lowest BCUT2D eigenvalue weighted by molar-refractivity contribution is 0.128. The van der Waals surface area contributed by atoms with Crippen LogP contribution in [0.15, 0.2) is 24.3 Å². The molecule has 3 heteroatoms. The number of benzene rings is 1. The van der Waals surface area contributed by atoms with Crippen LogP contribution in [0.25, 0.3) is 0 Å². The summed E-state index contributed by atoms with van der Waals surface area (Å²) in [7, 11) is 0. The lowest BCUT2D eigenvalue weighted by Gasteiger charge is -2.14. The normalized spacial score (nSPS) is 12.6. The van der Waals surface area contributed by atoms with Crippen LogP contribution >= 0.6 is 0 Å². The molecule has 0 spiro atoms. The summed E-state index contributed by atoms with van der Waals surface area (Å²) in [5.41, 5.74) is 0.779. The summed E-state index contributed by atoms with van der Waals surface area (Å²) in [5.74, 6) is -0.112. The van der Waals surface area contributed by atoms with Crippen molar-refractivity contribution in [3.63, 3.8) is 0 Å². The van der Waals surface area contributed by atoms with Crippen molar-refractivity contribution in [3.05, 3.63) is 35.6 Å². The summed E-state index contributed by atoms with van der Waals surface area (Å²) >= 11 is 0. The first-order valence-corrected chi connectivity index (χ1v) is 7.28. The molecule has 0 bridgehead atoms. The van der Waals surface area contributed by atoms with Crippen LogP contribution in [0.3, 0.4) is 0 Å². The zero-order chi connectivity index (χ0) is 13.9. The largest absolute Gasteiger partial charge is 0.381 e. The van der Waals surface area contributed by atoms with Gasteiger partial charge in [0.2, 0.25) is 0 Å². The molecular formula is C16H26FNO. The van der Waals surface area contributed by atoms with Gasteiger partial charge in [-0.3, -0.25) is 0 Å². The molecule has 19 heavy (non-hydrogen) atoms. The fourth-order valence-electron chi connectivity index (χ4n) is 1.94. The maximum absolute atomic E-state index is 13.5. The van der Waals surface area contributed by atoms with Crippen molar-refractivity contribution >= 4 is 0 Å². The summed E-state index contributed by atoms with van der Waals surface area (Å²) in [6.07, 6.45) is 4.05. The van der Waals surface area contributed by atoms with Gasteiger partial charge in [0.05, 0.1) is 0 Å². The smallest absolute Gasteiger partial charge is 0.126 e. The number of unbranched alkanes of at least 4 members (excludes halogenated alkanes) is 1. The van der Waals surface area contributed by atoms with Crippen LogP contribution < -0.4 is 5.32 Å². The Labute approximate surface area is 116 Å². The summed E-state index contributed by atoms with van der Waals surface area (Å²) in [4.78, 5) is 0. The topological polar surface area (TPSA) is 21.3 Å². The third-order valence-electron chi connectivity index (χ3n) is 3.08. The van der Waals surface area contributed by atoms with E-state index in [0.29, 0.717) is 0 Å². The fraction of sp³-hybridized carbons (Fsp3) is 0.625. The Hall–Kier alpha value is -0.930. The molecule has 0 fully saturated rings. The third kappa shape index (κ3) is 7.28. The predicted octanol–water partition coefficient (Wildman–Crippen LogP) is 3.55. The van der Waals surface area contributed by atoms with Gasteiger partial charge in [-0.25, -0.2) is 4.39 Å². The summed E-state index contributed by atoms with van der Waals surface area (Å²) in [5, 5.41) is 3.40. The van der Waals surface area contributed by atoms with Crippen LogP contribution in [0, 0.1) is 5.82 Å². The van der Waals surface area contributed by atoms with Gasteiger partial charge >= 0.3 is 0 Å². The van der Waals surface area contributed by atoms with E-state index in [0.717, 1.165) is 44.6 Å². The summed E-state index contributed by atoms with van der Waals surface area (Å²) < 4.78 is 19.0. The minimum Gasteiger partial charge on any atom is -0.381 e. The Morgan fingerprint density at radius 3 is 2.68 bits per heavy atom. The van der Waals surface area contributed by atoms with E-state index >= 15 is 0 Å². The number of hydrogen-bond acceptors (Lipinski definition) is 2. The quantitative estimate of drug-likeness (QED) is 0.655. The lowest BCUT2D eigenvalue weighted by atomic mass is 10.1. The van der Waals surface area contributed by atoms with Crippen molar-refractivity contribution in [1.29, 1.82) is 0 Å². The Kier molecular flexibility index (Phi) is 8.43. The van der Waals surface area contributed by atoms with Crippen LogP contribution in [-0.2, 0) is 11.2 Å². The van der Waals surface area contributed by atoms with Gasteiger partial charge in [0.25, 0.3) is 0 Å². The van der Waals surface area contributed by atoms with Crippen molar-refractivity contribution in [3.8, 4) is 0 Å². The second-order valence-corrected chi connectivity index (χ2v) is 4.97. The molecule has 1 aromatic rings. The second kappa shape index (κ2) is 9.93. The number of hydrogen-bond donors (Lipinski definition) is 1. The standard InChI is InChI=1S/C16H26FNO/c1-3-4-11-19-12-7-10-18-14(2)13-15-8-5-6-9-16(15)17/h5-6,8-9,14,18H,3-4,7,10-13H2,1-2H3. The number of halogens is 1. The zero-order valence-electron chi connectivity index (χ0n) is 12.1. The Morgan fingerprint density at radius 2 is 1.95 bits per heavy atom. The molecule has 1 atom stereocenters. The van der Waals surface area contributed by atoms with E-state index in [2.05, 4.69) is 19.2 Å². The minimum absolute atomic E-state index is 0.112. The van der Waals surface area contributed by atoms with Crippen LogP contribution in [0.2, 0.25) is 0 Å². The number of rotatable bonds is 10. The van der Waals surface area contributed by atoms with E-state index in [1.807, 2.05) is 12.1 Å². The predicted molar refractivity (Wildman–Crippen MR) is 77.9 cm³/mol. The van der Waals surface area contributed by atoms with Crippen molar-refractivity contribution in [2.24, 2.45) is 0 Å². The molecule has 2 nitrogen and oxygen atoms in total. The van der Waals surface area contributed by atoms with Gasteiger partial charge in [-0.2, -0.15) is 0 Å². The van der Waals surface area contributed by atoms with Crippen molar-refractivity contribution in [1.82, 2.24) is 5.32 Å². The molecular weight excluding hydrogens is 241 g/mol. The van der Waals surface area contributed by atoms with Gasteiger partial charge in [-0.05, 0) is 44.4 Å². The molecule has 0 amide bonds. The van der Waals surface area contributed by atoms with Crippen molar-refractivity contribution in [2.75, 3.05) is 19.8 Å².